The maximum Gasteiger partial charge on any atom is 0.247 e. The third-order valence-electron chi connectivity index (χ3n) is 8.23. The first-order valence-corrected chi connectivity index (χ1v) is 16.1. The quantitative estimate of drug-likeness (QED) is 0.267. The van der Waals surface area contributed by atoms with Crippen LogP contribution in [0.5, 0.6) is 0 Å². The number of primary sulfonamides is 1. The summed E-state index contributed by atoms with van der Waals surface area (Å²) >= 11 is 0. The molecule has 3 atom stereocenters. The summed E-state index contributed by atoms with van der Waals surface area (Å²) < 4.78 is 29.3. The van der Waals surface area contributed by atoms with E-state index in [9.17, 15) is 8.42 Å². The molecular formula is C31H37N7O3S. The van der Waals surface area contributed by atoms with E-state index in [1.54, 1.807) is 25.3 Å². The van der Waals surface area contributed by atoms with Crippen LogP contribution in [0.1, 0.15) is 44.4 Å². The number of nitrogens with zero attached hydrogens (tertiary/aromatic N) is 4. The maximum atomic E-state index is 11.8. The second-order valence-electron chi connectivity index (χ2n) is 11.3. The molecule has 2 aromatic heterocycles. The molecule has 220 valence electrons. The fraction of sp³-hybridized carbons (Fsp3) is 0.387. The van der Waals surface area contributed by atoms with Gasteiger partial charge in [-0.2, -0.15) is 0 Å². The lowest BCUT2D eigenvalue weighted by Gasteiger charge is -2.40. The van der Waals surface area contributed by atoms with Crippen molar-refractivity contribution in [2.45, 2.75) is 68.5 Å². The van der Waals surface area contributed by atoms with Gasteiger partial charge in [-0.05, 0) is 85.3 Å². The van der Waals surface area contributed by atoms with E-state index < -0.39 is 10.0 Å². The Hall–Kier alpha value is -3.80. The van der Waals surface area contributed by atoms with Crippen molar-refractivity contribution in [3.05, 3.63) is 72.8 Å². The minimum Gasteiger partial charge on any atom is -0.421 e. The summed E-state index contributed by atoms with van der Waals surface area (Å²) in [5.41, 5.74) is 3.80. The van der Waals surface area contributed by atoms with Gasteiger partial charge < -0.3 is 20.0 Å². The lowest BCUT2D eigenvalue weighted by molar-refractivity contribution is 0.293. The first kappa shape index (κ1) is 28.3. The number of nitrogens with one attached hydrogen (secondary N) is 2. The molecule has 2 fully saturated rings. The summed E-state index contributed by atoms with van der Waals surface area (Å²) in [4.78, 5) is 7.14. The van der Waals surface area contributed by atoms with Gasteiger partial charge in [0.1, 0.15) is 5.82 Å². The van der Waals surface area contributed by atoms with Crippen molar-refractivity contribution >= 4 is 21.5 Å². The van der Waals surface area contributed by atoms with Crippen molar-refractivity contribution < 1.29 is 12.8 Å². The fourth-order valence-corrected chi connectivity index (χ4v) is 6.67. The maximum absolute atomic E-state index is 11.8. The molecule has 1 saturated heterocycles. The standard InChI is InChI=1S/C31H37N7O3S/c1-21-36-37-31(41-21)22-11-13-26(14-12-22)38-17-5-7-25(20-38)34-28-9-2-3-10-29(28)35-30-19-24(15-16-33-30)23-6-4-8-27(18-23)42(32,39)40/h4,6,8,11-16,18-19,25,28-29,34H,2-3,5,7,9-10,17,20H2,1H3,(H,33,35)(H2,32,39,40)/t25-,28+,29+/m0/s1. The van der Waals surface area contributed by atoms with Crippen molar-refractivity contribution in [3.63, 3.8) is 0 Å². The number of pyridine rings is 1. The molecule has 0 radical (unpaired) electrons. The van der Waals surface area contributed by atoms with Gasteiger partial charge in [0.05, 0.1) is 4.90 Å². The Labute approximate surface area is 246 Å². The predicted octanol–water partition coefficient (Wildman–Crippen LogP) is 4.74. The van der Waals surface area contributed by atoms with E-state index in [0.717, 1.165) is 61.3 Å². The SMILES string of the molecule is Cc1nnc(-c2ccc(N3CCC[C@H](N[C@@H]4CCCC[C@H]4Nc4cc(-c5cccc(S(N)(=O)=O)c5)ccn4)C3)cc2)o1. The number of anilines is 2. The molecule has 1 saturated carbocycles. The van der Waals surface area contributed by atoms with E-state index >= 15 is 0 Å². The predicted molar refractivity (Wildman–Crippen MR) is 164 cm³/mol. The average Bonchev–Trinajstić information content (AvgIpc) is 3.44. The van der Waals surface area contributed by atoms with Gasteiger partial charge in [0.2, 0.25) is 21.8 Å². The summed E-state index contributed by atoms with van der Waals surface area (Å²) in [7, 11) is -3.77. The number of benzene rings is 2. The van der Waals surface area contributed by atoms with Crippen LogP contribution in [0.4, 0.5) is 11.5 Å². The van der Waals surface area contributed by atoms with Gasteiger partial charge in [0.25, 0.3) is 0 Å². The first-order chi connectivity index (χ1) is 20.3. The van der Waals surface area contributed by atoms with Gasteiger partial charge in [0.15, 0.2) is 0 Å². The Morgan fingerprint density at radius 2 is 1.69 bits per heavy atom. The minimum atomic E-state index is -3.77. The van der Waals surface area contributed by atoms with Crippen LogP contribution >= 0.6 is 0 Å². The first-order valence-electron chi connectivity index (χ1n) is 14.6. The smallest absolute Gasteiger partial charge is 0.247 e. The number of rotatable bonds is 8. The molecule has 4 N–H and O–H groups in total. The Bertz CT molecular complexity index is 1620. The zero-order valence-electron chi connectivity index (χ0n) is 23.7. The molecule has 2 aromatic carbocycles. The highest BCUT2D eigenvalue weighted by molar-refractivity contribution is 7.89. The third-order valence-corrected chi connectivity index (χ3v) is 9.14. The summed E-state index contributed by atoms with van der Waals surface area (Å²) in [5.74, 6) is 1.90. The molecule has 42 heavy (non-hydrogen) atoms. The Morgan fingerprint density at radius 3 is 2.45 bits per heavy atom. The molecule has 0 bridgehead atoms. The molecule has 10 nitrogen and oxygen atoms in total. The highest BCUT2D eigenvalue weighted by Crippen LogP contribution is 2.28. The van der Waals surface area contributed by atoms with Gasteiger partial charge in [-0.15, -0.1) is 10.2 Å². The summed E-state index contributed by atoms with van der Waals surface area (Å²) in [6.07, 6.45) is 8.60. The Kier molecular flexibility index (Phi) is 8.23. The zero-order valence-corrected chi connectivity index (χ0v) is 24.6. The fourth-order valence-electron chi connectivity index (χ4n) is 6.11. The number of aryl methyl sites for hydroxylation is 1. The van der Waals surface area contributed by atoms with Gasteiger partial charge in [-0.1, -0.05) is 25.0 Å². The van der Waals surface area contributed by atoms with Crippen LogP contribution in [0.2, 0.25) is 0 Å². The minimum absolute atomic E-state index is 0.0993. The van der Waals surface area contributed by atoms with Crippen LogP contribution in [-0.4, -0.2) is 54.8 Å². The lowest BCUT2D eigenvalue weighted by atomic mass is 9.89. The molecule has 0 amide bonds. The number of nitrogens with two attached hydrogens (primary N) is 1. The third kappa shape index (κ3) is 6.64. The van der Waals surface area contributed by atoms with Gasteiger partial charge in [-0.25, -0.2) is 18.5 Å². The lowest BCUT2D eigenvalue weighted by Crippen LogP contribution is -2.54. The molecule has 6 rings (SSSR count). The molecule has 1 aliphatic heterocycles. The molecule has 4 aromatic rings. The van der Waals surface area contributed by atoms with Crippen molar-refractivity contribution in [1.29, 1.82) is 0 Å². The number of hydrogen-bond donors (Lipinski definition) is 3. The largest absolute Gasteiger partial charge is 0.421 e. The van der Waals surface area contributed by atoms with Gasteiger partial charge in [0, 0.05) is 55.6 Å². The van der Waals surface area contributed by atoms with E-state index in [-0.39, 0.29) is 10.9 Å². The molecule has 2 aliphatic rings. The molecule has 11 heteroatoms. The molecule has 0 spiro atoms. The van der Waals surface area contributed by atoms with Crippen LogP contribution in [0.3, 0.4) is 0 Å². The van der Waals surface area contributed by atoms with Crippen molar-refractivity contribution in [2.75, 3.05) is 23.3 Å². The number of aromatic nitrogens is 3. The van der Waals surface area contributed by atoms with Crippen molar-refractivity contribution in [3.8, 4) is 22.6 Å². The monoisotopic (exact) mass is 587 g/mol. The van der Waals surface area contributed by atoms with E-state index in [4.69, 9.17) is 9.56 Å². The highest BCUT2D eigenvalue weighted by Gasteiger charge is 2.29. The molecule has 0 unspecified atom stereocenters. The Morgan fingerprint density at radius 1 is 0.905 bits per heavy atom. The van der Waals surface area contributed by atoms with E-state index in [1.165, 1.54) is 24.6 Å². The number of sulfonamides is 1. The highest BCUT2D eigenvalue weighted by atomic mass is 32.2. The van der Waals surface area contributed by atoms with Gasteiger partial charge in [-0.3, -0.25) is 0 Å². The Balaban J connectivity index is 1.11. The van der Waals surface area contributed by atoms with Crippen LogP contribution < -0.4 is 20.7 Å². The second kappa shape index (κ2) is 12.2. The second-order valence-corrected chi connectivity index (χ2v) is 12.8. The zero-order chi connectivity index (χ0) is 29.1. The van der Waals surface area contributed by atoms with Crippen LogP contribution in [-0.2, 0) is 10.0 Å². The average molecular weight is 588 g/mol. The van der Waals surface area contributed by atoms with Crippen LogP contribution in [0.25, 0.3) is 22.6 Å². The van der Waals surface area contributed by atoms with Crippen LogP contribution in [0.15, 0.2) is 76.2 Å². The number of piperidine rings is 1. The molecular weight excluding hydrogens is 550 g/mol. The number of hydrogen-bond acceptors (Lipinski definition) is 9. The van der Waals surface area contributed by atoms with Crippen molar-refractivity contribution in [2.24, 2.45) is 5.14 Å². The van der Waals surface area contributed by atoms with E-state index in [1.807, 2.05) is 30.3 Å². The van der Waals surface area contributed by atoms with Crippen molar-refractivity contribution in [1.82, 2.24) is 20.5 Å². The summed E-state index contributed by atoms with van der Waals surface area (Å²) in [6.45, 7) is 3.79. The molecule has 1 aliphatic carbocycles. The summed E-state index contributed by atoms with van der Waals surface area (Å²) in [6, 6.07) is 19.9. The molecule has 3 heterocycles. The van der Waals surface area contributed by atoms with E-state index in [0.29, 0.717) is 23.9 Å². The summed E-state index contributed by atoms with van der Waals surface area (Å²) in [5, 5.41) is 21.1. The van der Waals surface area contributed by atoms with Crippen LogP contribution in [0, 0.1) is 6.92 Å². The normalized spacial score (nSPS) is 21.3. The van der Waals surface area contributed by atoms with Gasteiger partial charge >= 0.3 is 0 Å². The topological polar surface area (TPSA) is 139 Å². The van der Waals surface area contributed by atoms with E-state index in [2.05, 4.69) is 42.8 Å².